The first-order chi connectivity index (χ1) is 10.3. The van der Waals surface area contributed by atoms with Gasteiger partial charge < -0.3 is 5.32 Å². The Kier molecular flexibility index (Phi) is 3.80. The lowest BCUT2D eigenvalue weighted by Crippen LogP contribution is -2.26. The summed E-state index contributed by atoms with van der Waals surface area (Å²) in [4.78, 5) is 12.4. The summed E-state index contributed by atoms with van der Waals surface area (Å²) < 4.78 is 36.3. The molecule has 118 valence electrons. The van der Waals surface area contributed by atoms with Crippen LogP contribution < -0.4 is 5.32 Å². The van der Waals surface area contributed by atoms with Crippen LogP contribution in [0.3, 0.4) is 0 Å². The molecule has 0 spiro atoms. The Morgan fingerprint density at radius 2 is 2.09 bits per heavy atom. The number of amides is 1. The van der Waals surface area contributed by atoms with Gasteiger partial charge in [-0.05, 0) is 48.4 Å². The predicted molar refractivity (Wildman–Crippen MR) is 82.4 cm³/mol. The molecule has 3 atom stereocenters. The number of fused-ring (bicyclic) bond motifs is 2. The summed E-state index contributed by atoms with van der Waals surface area (Å²) in [7, 11) is -3.31. The second-order valence-corrected chi connectivity index (χ2v) is 8.39. The van der Waals surface area contributed by atoms with E-state index in [2.05, 4.69) is 17.5 Å². The van der Waals surface area contributed by atoms with Gasteiger partial charge in [0.2, 0.25) is 5.91 Å². The first-order valence-corrected chi connectivity index (χ1v) is 9.33. The summed E-state index contributed by atoms with van der Waals surface area (Å²) in [6.45, 7) is 0. The minimum Gasteiger partial charge on any atom is -0.326 e. The van der Waals surface area contributed by atoms with Crippen LogP contribution in [0, 0.1) is 23.6 Å². The van der Waals surface area contributed by atoms with Crippen LogP contribution in [0.25, 0.3) is 0 Å². The maximum atomic E-state index is 13.4. The van der Waals surface area contributed by atoms with Crippen molar-refractivity contribution in [3.63, 3.8) is 0 Å². The number of benzene rings is 1. The number of carbonyl (C=O) groups is 1. The van der Waals surface area contributed by atoms with E-state index in [9.17, 15) is 17.6 Å². The zero-order chi connectivity index (χ0) is 15.9. The zero-order valence-electron chi connectivity index (χ0n) is 12.3. The van der Waals surface area contributed by atoms with Crippen LogP contribution in [0.15, 0.2) is 30.4 Å². The van der Waals surface area contributed by atoms with Gasteiger partial charge in [-0.1, -0.05) is 12.2 Å². The minimum atomic E-state index is -3.31. The van der Waals surface area contributed by atoms with Gasteiger partial charge in [-0.3, -0.25) is 4.79 Å². The number of halogens is 1. The number of hydrogen-bond donors (Lipinski definition) is 1. The van der Waals surface area contributed by atoms with Gasteiger partial charge in [0.15, 0.2) is 9.84 Å². The Morgan fingerprint density at radius 3 is 2.68 bits per heavy atom. The van der Waals surface area contributed by atoms with Gasteiger partial charge in [0.25, 0.3) is 0 Å². The van der Waals surface area contributed by atoms with Gasteiger partial charge in [-0.25, -0.2) is 12.8 Å². The second-order valence-electron chi connectivity index (χ2n) is 6.25. The highest BCUT2D eigenvalue weighted by Gasteiger charge is 2.39. The van der Waals surface area contributed by atoms with Crippen LogP contribution in [0.4, 0.5) is 10.1 Å². The van der Waals surface area contributed by atoms with Gasteiger partial charge >= 0.3 is 0 Å². The molecule has 1 aromatic rings. The molecule has 2 aliphatic rings. The number of anilines is 1. The highest BCUT2D eigenvalue weighted by atomic mass is 32.2. The van der Waals surface area contributed by atoms with Crippen LogP contribution in [0.5, 0.6) is 0 Å². The third kappa shape index (κ3) is 3.21. The Balaban J connectivity index is 1.80. The first-order valence-electron chi connectivity index (χ1n) is 7.27. The molecule has 0 saturated heterocycles. The molecule has 1 amide bonds. The van der Waals surface area contributed by atoms with E-state index in [0.29, 0.717) is 11.6 Å². The van der Waals surface area contributed by atoms with Crippen LogP contribution in [-0.2, 0) is 20.4 Å². The molecule has 4 nitrogen and oxygen atoms in total. The van der Waals surface area contributed by atoms with Crippen molar-refractivity contribution in [2.45, 2.75) is 18.6 Å². The summed E-state index contributed by atoms with van der Waals surface area (Å²) >= 11 is 0. The van der Waals surface area contributed by atoms with Crippen molar-refractivity contribution in [2.24, 2.45) is 17.8 Å². The van der Waals surface area contributed by atoms with Crippen LogP contribution in [-0.4, -0.2) is 20.6 Å². The quantitative estimate of drug-likeness (QED) is 0.866. The summed E-state index contributed by atoms with van der Waals surface area (Å²) in [5.74, 6) is -0.256. The van der Waals surface area contributed by atoms with Crippen molar-refractivity contribution >= 4 is 21.4 Å². The summed E-state index contributed by atoms with van der Waals surface area (Å²) in [5.41, 5.74) is 0.665. The average molecular weight is 323 g/mol. The standard InChI is InChI=1S/C16H18FNO3S/c1-22(20,21)9-12-8-13(17)4-5-15(12)18-16(19)14-7-10-2-3-11(14)6-10/h2-5,8,10-11,14H,6-7,9H2,1H3,(H,18,19)/t10-,11-,14+/m0/s1. The fraction of sp³-hybridized carbons (Fsp3) is 0.438. The summed E-state index contributed by atoms with van der Waals surface area (Å²) in [5, 5.41) is 2.78. The minimum absolute atomic E-state index is 0.0777. The molecule has 0 radical (unpaired) electrons. The third-order valence-corrected chi connectivity index (χ3v) is 5.19. The maximum absolute atomic E-state index is 13.4. The van der Waals surface area contributed by atoms with E-state index in [1.54, 1.807) is 0 Å². The van der Waals surface area contributed by atoms with Crippen LogP contribution in [0.2, 0.25) is 0 Å². The largest absolute Gasteiger partial charge is 0.326 e. The number of sulfone groups is 1. The molecule has 6 heteroatoms. The molecule has 3 rings (SSSR count). The molecule has 2 aliphatic carbocycles. The van der Waals surface area contributed by atoms with E-state index in [-0.39, 0.29) is 29.1 Å². The second kappa shape index (κ2) is 5.50. The van der Waals surface area contributed by atoms with Crippen molar-refractivity contribution < 1.29 is 17.6 Å². The highest BCUT2D eigenvalue weighted by Crippen LogP contribution is 2.43. The van der Waals surface area contributed by atoms with Crippen LogP contribution >= 0.6 is 0 Å². The van der Waals surface area contributed by atoms with Crippen molar-refractivity contribution in [1.29, 1.82) is 0 Å². The van der Waals surface area contributed by atoms with Crippen LogP contribution in [0.1, 0.15) is 18.4 Å². The van der Waals surface area contributed by atoms with E-state index in [1.165, 1.54) is 12.1 Å². The monoisotopic (exact) mass is 323 g/mol. The average Bonchev–Trinajstić information content (AvgIpc) is 3.02. The van der Waals surface area contributed by atoms with Gasteiger partial charge in [-0.15, -0.1) is 0 Å². The van der Waals surface area contributed by atoms with E-state index >= 15 is 0 Å². The molecule has 0 aromatic heterocycles. The molecule has 22 heavy (non-hydrogen) atoms. The molecule has 0 aliphatic heterocycles. The van der Waals surface area contributed by atoms with Crippen molar-refractivity contribution in [2.75, 3.05) is 11.6 Å². The smallest absolute Gasteiger partial charge is 0.228 e. The summed E-state index contributed by atoms with van der Waals surface area (Å²) in [6.07, 6.45) is 7.17. The zero-order valence-corrected chi connectivity index (χ0v) is 13.1. The van der Waals surface area contributed by atoms with Crippen molar-refractivity contribution in [1.82, 2.24) is 0 Å². The predicted octanol–water partition coefficient (Wildman–Crippen LogP) is 2.52. The lowest BCUT2D eigenvalue weighted by Gasteiger charge is -2.19. The van der Waals surface area contributed by atoms with Crippen molar-refractivity contribution in [3.05, 3.63) is 41.7 Å². The number of nitrogens with one attached hydrogen (secondary N) is 1. The number of rotatable bonds is 4. The molecule has 0 heterocycles. The van der Waals surface area contributed by atoms with Gasteiger partial charge in [0, 0.05) is 17.9 Å². The number of carbonyl (C=O) groups excluding carboxylic acids is 1. The SMILES string of the molecule is CS(=O)(=O)Cc1cc(F)ccc1NC(=O)[C@@H]1C[C@H]2C=C[C@H]1C2. The molecule has 1 aromatic carbocycles. The third-order valence-electron chi connectivity index (χ3n) is 4.36. The molecule has 1 fully saturated rings. The van der Waals surface area contributed by atoms with E-state index in [1.807, 2.05) is 0 Å². The summed E-state index contributed by atoms with van der Waals surface area (Å²) in [6, 6.07) is 3.82. The van der Waals surface area contributed by atoms with E-state index < -0.39 is 15.7 Å². The Hall–Kier alpha value is -1.69. The molecule has 2 bridgehead atoms. The first kappa shape index (κ1) is 15.2. The molecule has 1 N–H and O–H groups in total. The van der Waals surface area contributed by atoms with E-state index in [4.69, 9.17) is 0 Å². The number of hydrogen-bond acceptors (Lipinski definition) is 3. The Bertz CT molecular complexity index is 742. The fourth-order valence-corrected chi connectivity index (χ4v) is 4.20. The molecular formula is C16H18FNO3S. The Morgan fingerprint density at radius 1 is 1.32 bits per heavy atom. The maximum Gasteiger partial charge on any atom is 0.228 e. The van der Waals surface area contributed by atoms with Crippen molar-refractivity contribution in [3.8, 4) is 0 Å². The van der Waals surface area contributed by atoms with Gasteiger partial charge in [0.05, 0.1) is 5.75 Å². The van der Waals surface area contributed by atoms with Gasteiger partial charge in [-0.2, -0.15) is 0 Å². The molecular weight excluding hydrogens is 305 g/mol. The molecule has 1 saturated carbocycles. The Labute approximate surface area is 129 Å². The van der Waals surface area contributed by atoms with E-state index in [0.717, 1.165) is 25.2 Å². The topological polar surface area (TPSA) is 63.2 Å². The van der Waals surface area contributed by atoms with Gasteiger partial charge in [0.1, 0.15) is 5.82 Å². The number of allylic oxidation sites excluding steroid dienone is 2. The normalized spacial score (nSPS) is 26.4. The molecule has 0 unspecified atom stereocenters. The lowest BCUT2D eigenvalue weighted by molar-refractivity contribution is -0.120. The highest BCUT2D eigenvalue weighted by molar-refractivity contribution is 7.89. The fourth-order valence-electron chi connectivity index (χ4n) is 3.39. The lowest BCUT2D eigenvalue weighted by atomic mass is 9.92.